The Kier molecular flexibility index (Phi) is 5.05. The second-order valence-corrected chi connectivity index (χ2v) is 3.87. The van der Waals surface area contributed by atoms with Crippen LogP contribution in [0, 0.1) is 5.92 Å². The molecule has 7 nitrogen and oxygen atoms in total. The SMILES string of the molecule is N[C@@H](COCCNC(=O)[C@@H]1CCC1=O)C(=O)O. The molecule has 1 aliphatic rings. The maximum atomic E-state index is 11.3. The highest BCUT2D eigenvalue weighted by molar-refractivity contribution is 6.05. The van der Waals surface area contributed by atoms with Gasteiger partial charge in [0.25, 0.3) is 0 Å². The molecule has 0 aliphatic heterocycles. The minimum atomic E-state index is -1.13. The third-order valence-electron chi connectivity index (χ3n) is 2.54. The van der Waals surface area contributed by atoms with E-state index < -0.39 is 17.9 Å². The monoisotopic (exact) mass is 244 g/mol. The van der Waals surface area contributed by atoms with Crippen LogP contribution in [0.4, 0.5) is 0 Å². The molecule has 1 aliphatic carbocycles. The van der Waals surface area contributed by atoms with Crippen molar-refractivity contribution in [3.05, 3.63) is 0 Å². The van der Waals surface area contributed by atoms with Gasteiger partial charge in [-0.15, -0.1) is 0 Å². The molecule has 17 heavy (non-hydrogen) atoms. The Morgan fingerprint density at radius 1 is 1.59 bits per heavy atom. The fourth-order valence-corrected chi connectivity index (χ4v) is 1.34. The van der Waals surface area contributed by atoms with Crippen LogP contribution in [-0.4, -0.2) is 48.6 Å². The lowest BCUT2D eigenvalue weighted by Gasteiger charge is -2.22. The number of nitrogens with one attached hydrogen (secondary N) is 1. The highest BCUT2D eigenvalue weighted by Gasteiger charge is 2.34. The molecule has 0 aromatic heterocycles. The summed E-state index contributed by atoms with van der Waals surface area (Å²) in [6.45, 7) is 0.316. The van der Waals surface area contributed by atoms with Crippen LogP contribution in [0.2, 0.25) is 0 Å². The lowest BCUT2D eigenvalue weighted by atomic mass is 9.83. The Morgan fingerprint density at radius 3 is 2.76 bits per heavy atom. The van der Waals surface area contributed by atoms with Crippen LogP contribution < -0.4 is 11.1 Å². The van der Waals surface area contributed by atoms with Gasteiger partial charge in [0.2, 0.25) is 5.91 Å². The minimum Gasteiger partial charge on any atom is -0.480 e. The Morgan fingerprint density at radius 2 is 2.29 bits per heavy atom. The lowest BCUT2D eigenvalue weighted by molar-refractivity contribution is -0.141. The van der Waals surface area contributed by atoms with E-state index in [4.69, 9.17) is 15.6 Å². The Bertz CT molecular complexity index is 318. The van der Waals surface area contributed by atoms with Gasteiger partial charge in [-0.3, -0.25) is 14.4 Å². The molecule has 96 valence electrons. The average Bonchev–Trinajstić information content (AvgIpc) is 2.26. The van der Waals surface area contributed by atoms with Gasteiger partial charge in [0.15, 0.2) is 0 Å². The maximum absolute atomic E-state index is 11.3. The van der Waals surface area contributed by atoms with Crippen molar-refractivity contribution in [2.75, 3.05) is 19.8 Å². The van der Waals surface area contributed by atoms with Gasteiger partial charge in [0, 0.05) is 13.0 Å². The van der Waals surface area contributed by atoms with Crippen LogP contribution in [0.1, 0.15) is 12.8 Å². The Balaban J connectivity index is 2.02. The molecule has 0 radical (unpaired) electrons. The molecule has 0 bridgehead atoms. The number of carboxylic acid groups (broad SMARTS) is 1. The lowest BCUT2D eigenvalue weighted by Crippen LogP contribution is -2.42. The van der Waals surface area contributed by atoms with Crippen LogP contribution in [0.15, 0.2) is 0 Å². The van der Waals surface area contributed by atoms with E-state index in [2.05, 4.69) is 5.32 Å². The molecule has 0 heterocycles. The summed E-state index contributed by atoms with van der Waals surface area (Å²) in [5.74, 6) is -1.95. The number of aliphatic carboxylic acids is 1. The van der Waals surface area contributed by atoms with E-state index in [-0.39, 0.29) is 31.4 Å². The maximum Gasteiger partial charge on any atom is 0.322 e. The third-order valence-corrected chi connectivity index (χ3v) is 2.54. The third kappa shape index (κ3) is 4.12. The largest absolute Gasteiger partial charge is 0.480 e. The first kappa shape index (κ1) is 13.6. The van der Waals surface area contributed by atoms with Gasteiger partial charge in [-0.05, 0) is 6.42 Å². The van der Waals surface area contributed by atoms with Gasteiger partial charge in [-0.25, -0.2) is 0 Å². The van der Waals surface area contributed by atoms with Crippen LogP contribution in [0.25, 0.3) is 0 Å². The van der Waals surface area contributed by atoms with Gasteiger partial charge in [-0.2, -0.15) is 0 Å². The normalized spacial score (nSPS) is 20.5. The van der Waals surface area contributed by atoms with Gasteiger partial charge in [-0.1, -0.05) is 0 Å². The van der Waals surface area contributed by atoms with Crippen molar-refractivity contribution in [2.24, 2.45) is 11.7 Å². The van der Waals surface area contributed by atoms with Gasteiger partial charge < -0.3 is 20.9 Å². The minimum absolute atomic E-state index is 0.0312. The van der Waals surface area contributed by atoms with Crippen molar-refractivity contribution in [1.82, 2.24) is 5.32 Å². The van der Waals surface area contributed by atoms with Crippen LogP contribution in [-0.2, 0) is 19.1 Å². The second-order valence-electron chi connectivity index (χ2n) is 3.87. The molecular weight excluding hydrogens is 228 g/mol. The molecule has 1 amide bonds. The zero-order chi connectivity index (χ0) is 12.8. The Labute approximate surface area is 98.3 Å². The zero-order valence-corrected chi connectivity index (χ0v) is 9.35. The van der Waals surface area contributed by atoms with Gasteiger partial charge >= 0.3 is 5.97 Å². The first-order valence-electron chi connectivity index (χ1n) is 5.39. The number of rotatable bonds is 7. The number of nitrogens with two attached hydrogens (primary N) is 1. The summed E-state index contributed by atoms with van der Waals surface area (Å²) < 4.78 is 4.96. The molecule has 0 spiro atoms. The van der Waals surface area contributed by atoms with E-state index in [1.54, 1.807) is 0 Å². The average molecular weight is 244 g/mol. The van der Waals surface area contributed by atoms with E-state index in [1.165, 1.54) is 0 Å². The molecule has 0 aromatic carbocycles. The molecular formula is C10H16N2O5. The van der Waals surface area contributed by atoms with Crippen LogP contribution >= 0.6 is 0 Å². The molecule has 1 fully saturated rings. The van der Waals surface area contributed by atoms with Crippen molar-refractivity contribution < 1.29 is 24.2 Å². The number of hydrogen-bond donors (Lipinski definition) is 3. The summed E-state index contributed by atoms with van der Waals surface area (Å²) in [6, 6.07) is -1.06. The van der Waals surface area contributed by atoms with E-state index in [0.29, 0.717) is 12.8 Å². The van der Waals surface area contributed by atoms with Gasteiger partial charge in [0.05, 0.1) is 19.1 Å². The van der Waals surface area contributed by atoms with E-state index >= 15 is 0 Å². The number of carboxylic acids is 1. The van der Waals surface area contributed by atoms with Crippen molar-refractivity contribution >= 4 is 17.7 Å². The van der Waals surface area contributed by atoms with Crippen molar-refractivity contribution in [2.45, 2.75) is 18.9 Å². The summed E-state index contributed by atoms with van der Waals surface area (Å²) in [7, 11) is 0. The second kappa shape index (κ2) is 6.31. The standard InChI is InChI=1S/C10H16N2O5/c11-7(10(15)16)5-17-4-3-12-9(14)6-1-2-8(6)13/h6-7H,1-5,11H2,(H,12,14)(H,15,16)/t6-,7+/m1/s1. The van der Waals surface area contributed by atoms with E-state index in [0.717, 1.165) is 0 Å². The summed E-state index contributed by atoms with van der Waals surface area (Å²) in [6.07, 6.45) is 1.08. The van der Waals surface area contributed by atoms with Crippen LogP contribution in [0.5, 0.6) is 0 Å². The number of carbonyl (C=O) groups excluding carboxylic acids is 2. The van der Waals surface area contributed by atoms with Crippen molar-refractivity contribution in [1.29, 1.82) is 0 Å². The fraction of sp³-hybridized carbons (Fsp3) is 0.700. The molecule has 1 saturated carbocycles. The first-order chi connectivity index (χ1) is 8.02. The molecule has 1 rings (SSSR count). The zero-order valence-electron chi connectivity index (χ0n) is 9.35. The summed E-state index contributed by atoms with van der Waals surface area (Å²) in [4.78, 5) is 32.6. The molecule has 2 atom stereocenters. The van der Waals surface area contributed by atoms with Crippen molar-refractivity contribution in [3.8, 4) is 0 Å². The van der Waals surface area contributed by atoms with Crippen LogP contribution in [0.3, 0.4) is 0 Å². The molecule has 4 N–H and O–H groups in total. The molecule has 0 aromatic rings. The number of Topliss-reactive ketones (excluding diaryl/α,β-unsaturated/α-hetero) is 1. The Hall–Kier alpha value is -1.47. The van der Waals surface area contributed by atoms with Crippen molar-refractivity contribution in [3.63, 3.8) is 0 Å². The summed E-state index contributed by atoms with van der Waals surface area (Å²) in [5, 5.41) is 11.0. The highest BCUT2D eigenvalue weighted by Crippen LogP contribution is 2.21. The summed E-state index contributed by atoms with van der Waals surface area (Å²) >= 11 is 0. The highest BCUT2D eigenvalue weighted by atomic mass is 16.5. The molecule has 0 saturated heterocycles. The first-order valence-corrected chi connectivity index (χ1v) is 5.39. The van der Waals surface area contributed by atoms with E-state index in [9.17, 15) is 14.4 Å². The molecule has 7 heteroatoms. The molecule has 0 unspecified atom stereocenters. The quantitative estimate of drug-likeness (QED) is 0.371. The predicted octanol–water partition coefficient (Wildman–Crippen LogP) is -1.49. The number of ketones is 1. The number of ether oxygens (including phenoxy) is 1. The number of amides is 1. The fourth-order valence-electron chi connectivity index (χ4n) is 1.34. The smallest absolute Gasteiger partial charge is 0.322 e. The van der Waals surface area contributed by atoms with Gasteiger partial charge in [0.1, 0.15) is 11.8 Å². The predicted molar refractivity (Wildman–Crippen MR) is 57.2 cm³/mol. The van der Waals surface area contributed by atoms with E-state index in [1.807, 2.05) is 0 Å². The number of carbonyl (C=O) groups is 3. The topological polar surface area (TPSA) is 119 Å². The summed E-state index contributed by atoms with van der Waals surface area (Å²) in [5.41, 5.74) is 5.20. The number of hydrogen-bond acceptors (Lipinski definition) is 5.